The number of nitrogens with zero attached hydrogens (tertiary/aromatic N) is 6. The minimum Gasteiger partial charge on any atom is -0.476 e. The van der Waals surface area contributed by atoms with Gasteiger partial charge >= 0.3 is 0 Å². The van der Waals surface area contributed by atoms with E-state index in [0.29, 0.717) is 35.9 Å². The van der Waals surface area contributed by atoms with E-state index in [1.54, 1.807) is 24.0 Å². The Balaban J connectivity index is 1.91. The molecular formula is C27H38N8O3. The van der Waals surface area contributed by atoms with Crippen molar-refractivity contribution in [3.63, 3.8) is 0 Å². The van der Waals surface area contributed by atoms with Crippen molar-refractivity contribution in [1.82, 2.24) is 29.9 Å². The van der Waals surface area contributed by atoms with Crippen molar-refractivity contribution >= 4 is 22.8 Å². The highest BCUT2D eigenvalue weighted by atomic mass is 16.5. The number of allylic oxidation sites excluding steroid dienone is 1. The molecule has 0 saturated heterocycles. The standard InChI is InChI=1S/C27H38N8O3/c1-7-35-14-18(5)38-27-22(13-31-34(27)6)19-10-21-23(32-33-26(21)30-12-19)9-8-20(25(28)37-16(2)3)24(15-35)29-11-17(4)36/h8-10,12-13,16-18,36H,7,11,14-15,28H2,1-6H3,(H,30,32,33)/b9-8+,25-20+,29-24?. The molecule has 1 aliphatic heterocycles. The Morgan fingerprint density at radius 3 is 2.82 bits per heavy atom. The van der Waals surface area contributed by atoms with Gasteiger partial charge in [0, 0.05) is 37.3 Å². The summed E-state index contributed by atoms with van der Waals surface area (Å²) < 4.78 is 14.1. The molecule has 204 valence electrons. The highest BCUT2D eigenvalue weighted by Crippen LogP contribution is 2.32. The van der Waals surface area contributed by atoms with Crippen molar-refractivity contribution in [2.75, 3.05) is 26.2 Å². The second-order valence-electron chi connectivity index (χ2n) is 9.89. The number of aromatic nitrogens is 5. The van der Waals surface area contributed by atoms with Gasteiger partial charge < -0.3 is 20.3 Å². The van der Waals surface area contributed by atoms with Gasteiger partial charge in [0.1, 0.15) is 6.10 Å². The maximum atomic E-state index is 10.0. The fourth-order valence-electron chi connectivity index (χ4n) is 4.33. The van der Waals surface area contributed by atoms with Crippen LogP contribution in [0.15, 0.2) is 41.0 Å². The van der Waals surface area contributed by atoms with Crippen LogP contribution in [0.25, 0.3) is 28.2 Å². The molecule has 1 aliphatic rings. The lowest BCUT2D eigenvalue weighted by atomic mass is 10.1. The van der Waals surface area contributed by atoms with Gasteiger partial charge in [-0.2, -0.15) is 10.2 Å². The number of likely N-dealkylation sites (N-methyl/N-ethyl adjacent to an activating group) is 1. The van der Waals surface area contributed by atoms with Gasteiger partial charge in [0.15, 0.2) is 11.5 Å². The van der Waals surface area contributed by atoms with Gasteiger partial charge in [-0.3, -0.25) is 15.0 Å². The molecular weight excluding hydrogens is 484 g/mol. The number of aromatic amines is 1. The summed E-state index contributed by atoms with van der Waals surface area (Å²) in [7, 11) is 1.87. The van der Waals surface area contributed by atoms with Crippen LogP contribution in [0.4, 0.5) is 0 Å². The van der Waals surface area contributed by atoms with E-state index < -0.39 is 6.10 Å². The lowest BCUT2D eigenvalue weighted by Crippen LogP contribution is -2.38. The zero-order chi connectivity index (χ0) is 27.4. The van der Waals surface area contributed by atoms with E-state index in [9.17, 15) is 5.11 Å². The van der Waals surface area contributed by atoms with Crippen LogP contribution in [0, 0.1) is 0 Å². The Hall–Kier alpha value is -3.70. The maximum Gasteiger partial charge on any atom is 0.219 e. The number of nitrogens with one attached hydrogen (secondary N) is 1. The SMILES string of the molecule is CCN1CC(=NCC(C)O)C(=C(\N)OC(C)C)/C=C/c2[nH]nc3ncc(cc23)-c2cnn(C)c2OC(C)C1. The van der Waals surface area contributed by atoms with Crippen LogP contribution in [-0.4, -0.2) is 85.2 Å². The van der Waals surface area contributed by atoms with E-state index >= 15 is 0 Å². The predicted octanol–water partition coefficient (Wildman–Crippen LogP) is 2.89. The molecule has 11 heteroatoms. The fraction of sp³-hybridized carbons (Fsp3) is 0.481. The van der Waals surface area contributed by atoms with Crippen LogP contribution in [0.3, 0.4) is 0 Å². The van der Waals surface area contributed by atoms with E-state index in [-0.39, 0.29) is 24.6 Å². The van der Waals surface area contributed by atoms with Gasteiger partial charge in [0.25, 0.3) is 0 Å². The molecule has 4 heterocycles. The van der Waals surface area contributed by atoms with E-state index in [1.807, 2.05) is 46.0 Å². The number of ether oxygens (including phenoxy) is 2. The molecule has 0 radical (unpaired) electrons. The van der Waals surface area contributed by atoms with Gasteiger partial charge in [-0.15, -0.1) is 0 Å². The van der Waals surface area contributed by atoms with Crippen LogP contribution in [0.2, 0.25) is 0 Å². The van der Waals surface area contributed by atoms with Crippen LogP contribution >= 0.6 is 0 Å². The van der Waals surface area contributed by atoms with Crippen LogP contribution in [-0.2, 0) is 11.8 Å². The zero-order valence-electron chi connectivity index (χ0n) is 23.0. The number of pyridine rings is 1. The number of nitrogens with two attached hydrogens (primary N) is 1. The Morgan fingerprint density at radius 2 is 2.11 bits per heavy atom. The molecule has 0 aliphatic carbocycles. The first kappa shape index (κ1) is 27.3. The second kappa shape index (κ2) is 11.8. The Bertz CT molecular complexity index is 1350. The van der Waals surface area contributed by atoms with Gasteiger partial charge in [0.2, 0.25) is 5.88 Å². The topological polar surface area (TPSA) is 140 Å². The third kappa shape index (κ3) is 6.22. The molecule has 0 spiro atoms. The molecule has 3 aromatic rings. The average Bonchev–Trinajstić information content (AvgIpc) is 3.43. The van der Waals surface area contributed by atoms with E-state index in [4.69, 9.17) is 20.2 Å². The zero-order valence-corrected chi connectivity index (χ0v) is 23.0. The fourth-order valence-corrected chi connectivity index (χ4v) is 4.33. The van der Waals surface area contributed by atoms with Crippen LogP contribution in [0.5, 0.6) is 5.88 Å². The van der Waals surface area contributed by atoms with Crippen molar-refractivity contribution in [2.24, 2.45) is 17.8 Å². The molecule has 2 unspecified atom stereocenters. The number of hydrogen-bond acceptors (Lipinski definition) is 9. The number of aliphatic imine (C=N–C) groups is 1. The highest BCUT2D eigenvalue weighted by Gasteiger charge is 2.22. The highest BCUT2D eigenvalue weighted by molar-refractivity contribution is 6.05. The minimum absolute atomic E-state index is 0.118. The first-order valence-corrected chi connectivity index (χ1v) is 13.0. The predicted molar refractivity (Wildman–Crippen MR) is 149 cm³/mol. The van der Waals surface area contributed by atoms with Gasteiger partial charge in [0.05, 0.1) is 47.5 Å². The molecule has 0 amide bonds. The summed E-state index contributed by atoms with van der Waals surface area (Å²) in [6, 6.07) is 2.03. The maximum absolute atomic E-state index is 10.0. The average molecular weight is 523 g/mol. The number of aryl methyl sites for hydroxylation is 1. The number of aliphatic hydroxyl groups is 1. The third-order valence-electron chi connectivity index (χ3n) is 6.19. The van der Waals surface area contributed by atoms with Gasteiger partial charge in [-0.25, -0.2) is 9.67 Å². The van der Waals surface area contributed by atoms with Crippen molar-refractivity contribution in [3.05, 3.63) is 41.7 Å². The Morgan fingerprint density at radius 1 is 1.32 bits per heavy atom. The molecule has 38 heavy (non-hydrogen) atoms. The lowest BCUT2D eigenvalue weighted by molar-refractivity contribution is 0.143. The summed E-state index contributed by atoms with van der Waals surface area (Å²) in [5, 5.41) is 22.7. The van der Waals surface area contributed by atoms with Crippen molar-refractivity contribution in [2.45, 2.75) is 52.9 Å². The van der Waals surface area contributed by atoms with Gasteiger partial charge in [-0.05, 0) is 52.5 Å². The molecule has 2 atom stereocenters. The molecule has 4 N–H and O–H groups in total. The summed E-state index contributed by atoms with van der Waals surface area (Å²) in [6.07, 6.45) is 6.50. The first-order valence-electron chi connectivity index (χ1n) is 13.0. The number of fused-ring (bicyclic) bond motifs is 3. The second-order valence-corrected chi connectivity index (χ2v) is 9.89. The summed E-state index contributed by atoms with van der Waals surface area (Å²) >= 11 is 0. The first-order chi connectivity index (χ1) is 18.2. The third-order valence-corrected chi connectivity index (χ3v) is 6.19. The quantitative estimate of drug-likeness (QED) is 0.435. The number of aliphatic hydroxyl groups excluding tert-OH is 1. The summed E-state index contributed by atoms with van der Waals surface area (Å²) in [4.78, 5) is 11.6. The molecule has 3 aromatic heterocycles. The lowest BCUT2D eigenvalue weighted by Gasteiger charge is -2.26. The van der Waals surface area contributed by atoms with Gasteiger partial charge in [-0.1, -0.05) is 6.92 Å². The smallest absolute Gasteiger partial charge is 0.219 e. The van der Waals surface area contributed by atoms with Crippen LogP contribution in [0.1, 0.15) is 40.3 Å². The monoisotopic (exact) mass is 522 g/mol. The van der Waals surface area contributed by atoms with Crippen molar-refractivity contribution in [1.29, 1.82) is 0 Å². The molecule has 0 aromatic carbocycles. The molecule has 2 bridgehead atoms. The summed E-state index contributed by atoms with van der Waals surface area (Å²) in [5.74, 6) is 0.940. The normalized spacial score (nSPS) is 21.2. The Labute approximate surface area is 223 Å². The minimum atomic E-state index is -0.599. The van der Waals surface area contributed by atoms with E-state index in [0.717, 1.165) is 28.8 Å². The summed E-state index contributed by atoms with van der Waals surface area (Å²) in [6.45, 7) is 11.8. The summed E-state index contributed by atoms with van der Waals surface area (Å²) in [5.41, 5.74) is 11.0. The van der Waals surface area contributed by atoms with Crippen LogP contribution < -0.4 is 10.5 Å². The molecule has 11 nitrogen and oxygen atoms in total. The Kier molecular flexibility index (Phi) is 8.48. The van der Waals surface area contributed by atoms with E-state index in [1.165, 1.54) is 0 Å². The molecule has 4 rings (SSSR count). The molecule has 0 saturated carbocycles. The number of rotatable bonds is 5. The number of H-pyrrole nitrogens is 1. The molecule has 0 fully saturated rings. The van der Waals surface area contributed by atoms with E-state index in [2.05, 4.69) is 32.1 Å². The largest absolute Gasteiger partial charge is 0.476 e. The van der Waals surface area contributed by atoms with Crippen molar-refractivity contribution in [3.8, 4) is 17.0 Å². The number of hydrogen-bond donors (Lipinski definition) is 3. The van der Waals surface area contributed by atoms with Crippen molar-refractivity contribution < 1.29 is 14.6 Å².